The average molecular weight is 321 g/mol. The largest absolute Gasteiger partial charge is 0.358 e. The molecule has 2 heterocycles. The van der Waals surface area contributed by atoms with Gasteiger partial charge in [-0.2, -0.15) is 0 Å². The molecule has 3 rings (SSSR count). The third-order valence-corrected chi connectivity index (χ3v) is 3.77. The van der Waals surface area contributed by atoms with E-state index in [9.17, 15) is 9.18 Å². The summed E-state index contributed by atoms with van der Waals surface area (Å²) in [6.45, 7) is 1.56. The highest BCUT2D eigenvalue weighted by Crippen LogP contribution is 2.25. The maximum Gasteiger partial charge on any atom is 0.241 e. The molecule has 0 unspecified atom stereocenters. The Bertz CT molecular complexity index is 688. The smallest absolute Gasteiger partial charge is 0.241 e. The molecule has 1 N–H and O–H groups in total. The van der Waals surface area contributed by atoms with Crippen LogP contribution >= 0.6 is 11.6 Å². The normalized spacial score (nSPS) is 13.6. The lowest BCUT2D eigenvalue weighted by atomic mass is 10.1. The number of anilines is 1. The maximum absolute atomic E-state index is 14.5. The summed E-state index contributed by atoms with van der Waals surface area (Å²) in [7, 11) is 0. The molecule has 1 aliphatic heterocycles. The SMILES string of the molecule is O=C(CNc1ncnc(-c2ccc(Cl)cc2)c1F)N1CCC1. The molecule has 1 amide bonds. The van der Waals surface area contributed by atoms with E-state index in [0.717, 1.165) is 19.5 Å². The Labute approximate surface area is 132 Å². The number of benzene rings is 1. The molecule has 5 nitrogen and oxygen atoms in total. The Morgan fingerprint density at radius 1 is 1.27 bits per heavy atom. The number of carbonyl (C=O) groups excluding carboxylic acids is 1. The number of rotatable bonds is 4. The molecule has 1 aliphatic rings. The summed E-state index contributed by atoms with van der Waals surface area (Å²) in [5.41, 5.74) is 0.770. The van der Waals surface area contributed by atoms with Crippen LogP contribution in [0.1, 0.15) is 6.42 Å². The van der Waals surface area contributed by atoms with Crippen LogP contribution in [0.3, 0.4) is 0 Å². The van der Waals surface area contributed by atoms with Gasteiger partial charge in [-0.05, 0) is 18.6 Å². The number of nitrogens with zero attached hydrogens (tertiary/aromatic N) is 3. The summed E-state index contributed by atoms with van der Waals surface area (Å²) in [4.78, 5) is 21.3. The van der Waals surface area contributed by atoms with Crippen molar-refractivity contribution in [3.05, 3.63) is 41.4 Å². The summed E-state index contributed by atoms with van der Waals surface area (Å²) < 4.78 is 14.5. The van der Waals surface area contributed by atoms with Crippen molar-refractivity contribution in [2.45, 2.75) is 6.42 Å². The molecule has 0 aliphatic carbocycles. The number of amides is 1. The minimum Gasteiger partial charge on any atom is -0.358 e. The fourth-order valence-electron chi connectivity index (χ4n) is 2.14. The minimum atomic E-state index is -0.582. The lowest BCUT2D eigenvalue weighted by Crippen LogP contribution is -2.44. The summed E-state index contributed by atoms with van der Waals surface area (Å²) in [5.74, 6) is -0.618. The van der Waals surface area contributed by atoms with Crippen LogP contribution < -0.4 is 5.32 Å². The van der Waals surface area contributed by atoms with Crippen LogP contribution in [0.15, 0.2) is 30.6 Å². The van der Waals surface area contributed by atoms with E-state index in [2.05, 4.69) is 15.3 Å². The molecule has 1 saturated heterocycles. The van der Waals surface area contributed by atoms with E-state index >= 15 is 0 Å². The number of hydrogen-bond acceptors (Lipinski definition) is 4. The molecule has 0 radical (unpaired) electrons. The van der Waals surface area contributed by atoms with Crippen molar-refractivity contribution in [3.8, 4) is 11.3 Å². The summed E-state index contributed by atoms with van der Waals surface area (Å²) in [6.07, 6.45) is 2.29. The third kappa shape index (κ3) is 3.01. The number of halogens is 2. The molecule has 7 heteroatoms. The van der Waals surface area contributed by atoms with Crippen molar-refractivity contribution in [2.75, 3.05) is 25.0 Å². The first-order valence-electron chi connectivity index (χ1n) is 6.93. The van der Waals surface area contributed by atoms with Gasteiger partial charge in [-0.3, -0.25) is 4.79 Å². The first-order valence-corrected chi connectivity index (χ1v) is 7.31. The van der Waals surface area contributed by atoms with E-state index in [0.29, 0.717) is 10.6 Å². The van der Waals surface area contributed by atoms with Crippen LogP contribution in [0.5, 0.6) is 0 Å². The number of hydrogen-bond donors (Lipinski definition) is 1. The lowest BCUT2D eigenvalue weighted by molar-refractivity contribution is -0.132. The monoisotopic (exact) mass is 320 g/mol. The van der Waals surface area contributed by atoms with Gasteiger partial charge < -0.3 is 10.2 Å². The molecule has 1 aromatic carbocycles. The van der Waals surface area contributed by atoms with Gasteiger partial charge in [0.25, 0.3) is 0 Å². The highest BCUT2D eigenvalue weighted by molar-refractivity contribution is 6.30. The van der Waals surface area contributed by atoms with Crippen LogP contribution in [0, 0.1) is 5.82 Å². The molecule has 0 bridgehead atoms. The van der Waals surface area contributed by atoms with E-state index < -0.39 is 5.82 Å². The highest BCUT2D eigenvalue weighted by Gasteiger charge is 2.20. The number of carbonyl (C=O) groups is 1. The molecule has 0 atom stereocenters. The molecule has 22 heavy (non-hydrogen) atoms. The molecule has 2 aromatic rings. The molecule has 1 aromatic heterocycles. The topological polar surface area (TPSA) is 58.1 Å². The van der Waals surface area contributed by atoms with Crippen LogP contribution in [0.2, 0.25) is 5.02 Å². The van der Waals surface area contributed by atoms with Crippen LogP contribution in [0.4, 0.5) is 10.2 Å². The zero-order valence-corrected chi connectivity index (χ0v) is 12.5. The zero-order chi connectivity index (χ0) is 15.5. The molecule has 1 fully saturated rings. The second-order valence-corrected chi connectivity index (χ2v) is 5.42. The van der Waals surface area contributed by atoms with Gasteiger partial charge >= 0.3 is 0 Å². The third-order valence-electron chi connectivity index (χ3n) is 3.52. The maximum atomic E-state index is 14.5. The van der Waals surface area contributed by atoms with Crippen LogP contribution in [-0.4, -0.2) is 40.4 Å². The zero-order valence-electron chi connectivity index (χ0n) is 11.7. The van der Waals surface area contributed by atoms with Crippen LogP contribution in [-0.2, 0) is 4.79 Å². The van der Waals surface area contributed by atoms with Gasteiger partial charge in [0.1, 0.15) is 12.0 Å². The van der Waals surface area contributed by atoms with E-state index in [-0.39, 0.29) is 24.0 Å². The van der Waals surface area contributed by atoms with Crippen molar-refractivity contribution < 1.29 is 9.18 Å². The van der Waals surface area contributed by atoms with Crippen molar-refractivity contribution in [1.29, 1.82) is 0 Å². The molecular weight excluding hydrogens is 307 g/mol. The molecular formula is C15H14ClFN4O. The second kappa shape index (κ2) is 6.27. The molecule has 0 spiro atoms. The van der Waals surface area contributed by atoms with Gasteiger partial charge in [-0.1, -0.05) is 23.7 Å². The Morgan fingerprint density at radius 3 is 2.64 bits per heavy atom. The van der Waals surface area contributed by atoms with Gasteiger partial charge in [0, 0.05) is 23.7 Å². The number of nitrogens with one attached hydrogen (secondary N) is 1. The minimum absolute atomic E-state index is 0.0218. The summed E-state index contributed by atoms with van der Waals surface area (Å²) in [5, 5.41) is 3.31. The Balaban J connectivity index is 1.76. The van der Waals surface area contributed by atoms with E-state index in [1.54, 1.807) is 29.2 Å². The molecule has 114 valence electrons. The number of likely N-dealkylation sites (tertiary alicyclic amines) is 1. The Kier molecular flexibility index (Phi) is 4.20. The highest BCUT2D eigenvalue weighted by atomic mass is 35.5. The predicted octanol–water partition coefficient (Wildman–Crippen LogP) is 2.58. The summed E-state index contributed by atoms with van der Waals surface area (Å²) >= 11 is 5.82. The van der Waals surface area contributed by atoms with E-state index in [1.807, 2.05) is 0 Å². The van der Waals surface area contributed by atoms with Crippen LogP contribution in [0.25, 0.3) is 11.3 Å². The fraction of sp³-hybridized carbons (Fsp3) is 0.267. The lowest BCUT2D eigenvalue weighted by Gasteiger charge is -2.30. The summed E-state index contributed by atoms with van der Waals surface area (Å²) in [6, 6.07) is 6.70. The van der Waals surface area contributed by atoms with Gasteiger partial charge in [0.2, 0.25) is 5.91 Å². The van der Waals surface area contributed by atoms with Gasteiger partial charge in [0.15, 0.2) is 11.6 Å². The Morgan fingerprint density at radius 2 is 2.00 bits per heavy atom. The first kappa shape index (κ1) is 14.7. The predicted molar refractivity (Wildman–Crippen MR) is 82.1 cm³/mol. The molecule has 0 saturated carbocycles. The van der Waals surface area contributed by atoms with Gasteiger partial charge in [-0.15, -0.1) is 0 Å². The standard InChI is InChI=1S/C15H14ClFN4O/c16-11-4-2-10(3-5-11)14-13(17)15(20-9-19-14)18-8-12(22)21-6-1-7-21/h2-5,9H,1,6-8H2,(H,18,19,20). The van der Waals surface area contributed by atoms with Crippen molar-refractivity contribution in [2.24, 2.45) is 0 Å². The van der Waals surface area contributed by atoms with Gasteiger partial charge in [-0.25, -0.2) is 14.4 Å². The second-order valence-electron chi connectivity index (χ2n) is 4.98. The Hall–Kier alpha value is -2.21. The first-order chi connectivity index (χ1) is 10.6. The van der Waals surface area contributed by atoms with E-state index in [4.69, 9.17) is 11.6 Å². The average Bonchev–Trinajstić information content (AvgIpc) is 2.45. The van der Waals surface area contributed by atoms with Crippen molar-refractivity contribution >= 4 is 23.3 Å². The van der Waals surface area contributed by atoms with Crippen molar-refractivity contribution in [3.63, 3.8) is 0 Å². The number of aromatic nitrogens is 2. The quantitative estimate of drug-likeness (QED) is 0.940. The van der Waals surface area contributed by atoms with E-state index in [1.165, 1.54) is 6.33 Å². The van der Waals surface area contributed by atoms with Crippen molar-refractivity contribution in [1.82, 2.24) is 14.9 Å². The fourth-order valence-corrected chi connectivity index (χ4v) is 2.26. The van der Waals surface area contributed by atoms with Gasteiger partial charge in [0.05, 0.1) is 6.54 Å².